The average Bonchev–Trinajstić information content (AvgIpc) is 3.63. The quantitative estimate of drug-likeness (QED) is 0.453. The fourth-order valence-corrected chi connectivity index (χ4v) is 5.84. The van der Waals surface area contributed by atoms with Gasteiger partial charge in [0, 0.05) is 25.7 Å². The Hall–Kier alpha value is -2.64. The predicted octanol–water partition coefficient (Wildman–Crippen LogP) is 3.99. The van der Waals surface area contributed by atoms with Crippen molar-refractivity contribution < 1.29 is 14.0 Å². The minimum Gasteiger partial charge on any atom is -0.468 e. The molecule has 2 amide bonds. The zero-order chi connectivity index (χ0) is 26.0. The standard InChI is InChI=1S/C30H44N4O3/c1-23(31-2)29(35)32-28(25-13-7-4-8-14-25)30(36)34-18-9-15-26(34)21-33(22-27-16-10-20-37-27)19-17-24-11-5-3-6-12-24/h3,5-6,10-12,16,20,23,25-26,28,31H,4,7-9,13-15,17-19,21-22H2,1-2H3,(H,32,35). The largest absolute Gasteiger partial charge is 0.468 e. The second-order valence-corrected chi connectivity index (χ2v) is 10.8. The van der Waals surface area contributed by atoms with Gasteiger partial charge in [-0.25, -0.2) is 0 Å². The summed E-state index contributed by atoms with van der Waals surface area (Å²) in [4.78, 5) is 31.4. The summed E-state index contributed by atoms with van der Waals surface area (Å²) in [6.45, 7) is 5.02. The lowest BCUT2D eigenvalue weighted by Crippen LogP contribution is -2.57. The molecule has 3 atom stereocenters. The second kappa shape index (κ2) is 13.8. The monoisotopic (exact) mass is 508 g/mol. The van der Waals surface area contributed by atoms with Crippen molar-refractivity contribution in [1.82, 2.24) is 20.4 Å². The maximum absolute atomic E-state index is 14.0. The van der Waals surface area contributed by atoms with Crippen LogP contribution in [0.2, 0.25) is 0 Å². The normalized spacial score (nSPS) is 20.2. The van der Waals surface area contributed by atoms with E-state index in [9.17, 15) is 9.59 Å². The number of likely N-dealkylation sites (N-methyl/N-ethyl adjacent to an activating group) is 1. The van der Waals surface area contributed by atoms with Crippen molar-refractivity contribution in [2.45, 2.75) is 83.0 Å². The molecule has 7 nitrogen and oxygen atoms in total. The summed E-state index contributed by atoms with van der Waals surface area (Å²) < 4.78 is 5.67. The van der Waals surface area contributed by atoms with Crippen LogP contribution in [0.25, 0.3) is 0 Å². The second-order valence-electron chi connectivity index (χ2n) is 10.8. The molecule has 0 spiro atoms. The highest BCUT2D eigenvalue weighted by atomic mass is 16.3. The molecule has 1 aromatic carbocycles. The van der Waals surface area contributed by atoms with Gasteiger partial charge in [0.15, 0.2) is 0 Å². The lowest BCUT2D eigenvalue weighted by molar-refractivity contribution is -0.139. The van der Waals surface area contributed by atoms with Crippen LogP contribution in [0.1, 0.15) is 63.2 Å². The SMILES string of the molecule is CNC(C)C(=O)NC(C(=O)N1CCCC1CN(CCc1ccccc1)Cc1ccco1)C1CCCCC1. The highest BCUT2D eigenvalue weighted by Gasteiger charge is 2.39. The summed E-state index contributed by atoms with van der Waals surface area (Å²) in [6.07, 6.45) is 10.2. The van der Waals surface area contributed by atoms with Gasteiger partial charge in [-0.1, -0.05) is 49.6 Å². The smallest absolute Gasteiger partial charge is 0.245 e. The molecule has 1 saturated carbocycles. The van der Waals surface area contributed by atoms with E-state index in [1.54, 1.807) is 13.3 Å². The number of furan rings is 1. The van der Waals surface area contributed by atoms with E-state index in [2.05, 4.69) is 44.7 Å². The Morgan fingerprint density at radius 3 is 2.54 bits per heavy atom. The van der Waals surface area contributed by atoms with Crippen LogP contribution in [0.5, 0.6) is 0 Å². The molecule has 2 fully saturated rings. The fraction of sp³-hybridized carbons (Fsp3) is 0.600. The van der Waals surface area contributed by atoms with Crippen molar-refractivity contribution in [3.05, 3.63) is 60.1 Å². The van der Waals surface area contributed by atoms with E-state index in [4.69, 9.17) is 4.42 Å². The van der Waals surface area contributed by atoms with Gasteiger partial charge in [-0.15, -0.1) is 0 Å². The number of carbonyl (C=O) groups excluding carboxylic acids is 2. The van der Waals surface area contributed by atoms with Crippen molar-refractivity contribution in [2.75, 3.05) is 26.7 Å². The molecular weight excluding hydrogens is 464 g/mol. The maximum atomic E-state index is 14.0. The van der Waals surface area contributed by atoms with Gasteiger partial charge in [-0.05, 0) is 69.7 Å². The van der Waals surface area contributed by atoms with Gasteiger partial charge < -0.3 is 20.0 Å². The van der Waals surface area contributed by atoms with E-state index in [1.807, 2.05) is 25.1 Å². The molecule has 1 aromatic heterocycles. The zero-order valence-electron chi connectivity index (χ0n) is 22.5. The number of amides is 2. The highest BCUT2D eigenvalue weighted by Crippen LogP contribution is 2.29. The molecule has 2 aliphatic rings. The van der Waals surface area contributed by atoms with Crippen molar-refractivity contribution in [1.29, 1.82) is 0 Å². The van der Waals surface area contributed by atoms with Gasteiger partial charge >= 0.3 is 0 Å². The van der Waals surface area contributed by atoms with E-state index in [0.29, 0.717) is 0 Å². The van der Waals surface area contributed by atoms with Crippen LogP contribution in [-0.2, 0) is 22.6 Å². The molecule has 0 radical (unpaired) electrons. The first-order valence-corrected chi connectivity index (χ1v) is 14.1. The van der Waals surface area contributed by atoms with Crippen LogP contribution in [0.15, 0.2) is 53.1 Å². The van der Waals surface area contributed by atoms with Gasteiger partial charge in [0.25, 0.3) is 0 Å². The van der Waals surface area contributed by atoms with Crippen molar-refractivity contribution >= 4 is 11.8 Å². The Morgan fingerprint density at radius 2 is 1.84 bits per heavy atom. The molecule has 2 N–H and O–H groups in total. The van der Waals surface area contributed by atoms with Gasteiger partial charge in [0.05, 0.1) is 18.8 Å². The number of rotatable bonds is 12. The molecule has 1 saturated heterocycles. The van der Waals surface area contributed by atoms with Crippen LogP contribution < -0.4 is 10.6 Å². The minimum atomic E-state index is -0.438. The van der Waals surface area contributed by atoms with Gasteiger partial charge in [-0.3, -0.25) is 14.5 Å². The molecule has 37 heavy (non-hydrogen) atoms. The first-order valence-electron chi connectivity index (χ1n) is 14.1. The molecule has 4 rings (SSSR count). The molecule has 1 aliphatic heterocycles. The van der Waals surface area contributed by atoms with Crippen molar-refractivity contribution in [3.8, 4) is 0 Å². The van der Waals surface area contributed by atoms with Gasteiger partial charge in [0.1, 0.15) is 11.8 Å². The minimum absolute atomic E-state index is 0.0931. The first kappa shape index (κ1) is 27.4. The van der Waals surface area contributed by atoms with Crippen LogP contribution in [0.3, 0.4) is 0 Å². The Bertz CT molecular complexity index is 958. The lowest BCUT2D eigenvalue weighted by Gasteiger charge is -2.36. The molecule has 0 bridgehead atoms. The van der Waals surface area contributed by atoms with E-state index < -0.39 is 6.04 Å². The summed E-state index contributed by atoms with van der Waals surface area (Å²) in [5, 5.41) is 6.16. The van der Waals surface area contributed by atoms with Gasteiger partial charge in [-0.2, -0.15) is 0 Å². The Kier molecular flexibility index (Phi) is 10.2. The summed E-state index contributed by atoms with van der Waals surface area (Å²) in [5.41, 5.74) is 1.31. The summed E-state index contributed by atoms with van der Waals surface area (Å²) in [5.74, 6) is 1.17. The third-order valence-electron chi connectivity index (χ3n) is 8.16. The summed E-state index contributed by atoms with van der Waals surface area (Å²) in [6, 6.07) is 13.9. The Balaban J connectivity index is 1.46. The van der Waals surface area contributed by atoms with E-state index in [-0.39, 0.29) is 29.8 Å². The van der Waals surface area contributed by atoms with E-state index in [0.717, 1.165) is 76.9 Å². The van der Waals surface area contributed by atoms with E-state index >= 15 is 0 Å². The fourth-order valence-electron chi connectivity index (χ4n) is 5.84. The Morgan fingerprint density at radius 1 is 1.05 bits per heavy atom. The molecular formula is C30H44N4O3. The number of likely N-dealkylation sites (tertiary alicyclic amines) is 1. The topological polar surface area (TPSA) is 77.8 Å². The number of hydrogen-bond acceptors (Lipinski definition) is 5. The molecule has 2 aromatic rings. The number of nitrogens with one attached hydrogen (secondary N) is 2. The Labute approximate surface area is 222 Å². The molecule has 1 aliphatic carbocycles. The summed E-state index contributed by atoms with van der Waals surface area (Å²) in [7, 11) is 1.78. The van der Waals surface area contributed by atoms with Crippen LogP contribution in [0, 0.1) is 5.92 Å². The van der Waals surface area contributed by atoms with Crippen LogP contribution >= 0.6 is 0 Å². The van der Waals surface area contributed by atoms with Gasteiger partial charge in [0.2, 0.25) is 11.8 Å². The third kappa shape index (κ3) is 7.68. The highest BCUT2D eigenvalue weighted by molar-refractivity contribution is 5.90. The summed E-state index contributed by atoms with van der Waals surface area (Å²) >= 11 is 0. The number of benzene rings is 1. The van der Waals surface area contributed by atoms with Crippen molar-refractivity contribution in [3.63, 3.8) is 0 Å². The zero-order valence-corrected chi connectivity index (χ0v) is 22.5. The third-order valence-corrected chi connectivity index (χ3v) is 8.16. The van der Waals surface area contributed by atoms with Crippen LogP contribution in [0.4, 0.5) is 0 Å². The predicted molar refractivity (Wildman–Crippen MR) is 146 cm³/mol. The molecule has 2 heterocycles. The molecule has 7 heteroatoms. The van der Waals surface area contributed by atoms with E-state index in [1.165, 1.54) is 12.0 Å². The average molecular weight is 509 g/mol. The lowest BCUT2D eigenvalue weighted by atomic mass is 9.83. The van der Waals surface area contributed by atoms with Crippen molar-refractivity contribution in [2.24, 2.45) is 5.92 Å². The maximum Gasteiger partial charge on any atom is 0.245 e. The van der Waals surface area contributed by atoms with Crippen LogP contribution in [-0.4, -0.2) is 66.4 Å². The number of hydrogen-bond donors (Lipinski definition) is 2. The number of nitrogens with zero attached hydrogens (tertiary/aromatic N) is 2. The molecule has 3 unspecified atom stereocenters. The molecule has 202 valence electrons. The number of carbonyl (C=O) groups is 2. The first-order chi connectivity index (χ1) is 18.0.